The highest BCUT2D eigenvalue weighted by Crippen LogP contribution is 2.33. The number of pyridine rings is 1. The summed E-state index contributed by atoms with van der Waals surface area (Å²) in [6, 6.07) is 19.1. The first-order valence-electron chi connectivity index (χ1n) is 11.3. The van der Waals surface area contributed by atoms with Crippen molar-refractivity contribution in [3.63, 3.8) is 0 Å². The van der Waals surface area contributed by atoms with Gasteiger partial charge in [0, 0.05) is 62.2 Å². The molecule has 32 heavy (non-hydrogen) atoms. The first-order valence-corrected chi connectivity index (χ1v) is 11.3. The van der Waals surface area contributed by atoms with Gasteiger partial charge in [-0.05, 0) is 24.1 Å². The molecule has 0 aliphatic carbocycles. The predicted molar refractivity (Wildman–Crippen MR) is 125 cm³/mol. The van der Waals surface area contributed by atoms with Crippen molar-refractivity contribution in [3.8, 4) is 11.3 Å². The molecule has 2 saturated heterocycles. The van der Waals surface area contributed by atoms with E-state index >= 15 is 0 Å². The zero-order chi connectivity index (χ0) is 21.3. The van der Waals surface area contributed by atoms with Crippen LogP contribution in [0.1, 0.15) is 17.9 Å². The zero-order valence-corrected chi connectivity index (χ0v) is 18.0. The van der Waals surface area contributed by atoms with Gasteiger partial charge in [-0.2, -0.15) is 9.61 Å². The summed E-state index contributed by atoms with van der Waals surface area (Å²) in [6.07, 6.45) is 4.75. The van der Waals surface area contributed by atoms with Crippen molar-refractivity contribution in [2.24, 2.45) is 0 Å². The van der Waals surface area contributed by atoms with Crippen LogP contribution in [0.5, 0.6) is 0 Å². The van der Waals surface area contributed by atoms with Gasteiger partial charge in [-0.25, -0.2) is 4.98 Å². The molecule has 2 fully saturated rings. The highest BCUT2D eigenvalue weighted by molar-refractivity contribution is 5.68. The molecule has 4 aromatic rings. The number of aromatic nitrogens is 4. The average Bonchev–Trinajstić information content (AvgIpc) is 3.53. The van der Waals surface area contributed by atoms with E-state index in [0.29, 0.717) is 5.92 Å². The fourth-order valence-corrected chi connectivity index (χ4v) is 4.75. The Bertz CT molecular complexity index is 1200. The molecule has 0 amide bonds. The summed E-state index contributed by atoms with van der Waals surface area (Å²) in [5, 5.41) is 4.91. The second-order valence-electron chi connectivity index (χ2n) is 8.45. The molecule has 1 aromatic carbocycles. The van der Waals surface area contributed by atoms with Crippen molar-refractivity contribution in [2.45, 2.75) is 12.3 Å². The standard InChI is InChI=1S/C25H26N6O/c1-2-4-19(5-3-1)21-8-11-30(18-21)23-17-25(29-12-14-32-15-13-29)31-24(27-23)16-22(28-31)20-6-9-26-10-7-20/h1-7,9-10,16-17,21H,8,11-15,18H2. The molecule has 7 nitrogen and oxygen atoms in total. The van der Waals surface area contributed by atoms with Crippen LogP contribution in [-0.2, 0) is 4.74 Å². The maximum atomic E-state index is 5.60. The Balaban J connectivity index is 1.39. The number of anilines is 2. The molecule has 0 saturated carbocycles. The highest BCUT2D eigenvalue weighted by atomic mass is 16.5. The molecule has 2 aliphatic heterocycles. The Labute approximate surface area is 187 Å². The Kier molecular flexibility index (Phi) is 4.96. The molecule has 162 valence electrons. The average molecular weight is 427 g/mol. The minimum atomic E-state index is 0.540. The van der Waals surface area contributed by atoms with Gasteiger partial charge in [0.05, 0.1) is 18.9 Å². The first kappa shape index (κ1) is 19.3. The molecule has 3 aromatic heterocycles. The van der Waals surface area contributed by atoms with Gasteiger partial charge >= 0.3 is 0 Å². The molecule has 0 N–H and O–H groups in total. The summed E-state index contributed by atoms with van der Waals surface area (Å²) in [6.45, 7) is 5.18. The van der Waals surface area contributed by atoms with E-state index in [4.69, 9.17) is 14.8 Å². The minimum absolute atomic E-state index is 0.540. The Hall–Kier alpha value is -3.45. The van der Waals surface area contributed by atoms with Crippen molar-refractivity contribution in [1.82, 2.24) is 19.6 Å². The van der Waals surface area contributed by atoms with E-state index in [1.807, 2.05) is 16.6 Å². The number of hydrogen-bond donors (Lipinski definition) is 0. The number of hydrogen-bond acceptors (Lipinski definition) is 6. The molecular weight excluding hydrogens is 400 g/mol. The summed E-state index contributed by atoms with van der Waals surface area (Å²) in [7, 11) is 0. The SMILES string of the molecule is c1ccc(C2CCN(c3cc(N4CCOCC4)n4nc(-c5ccncc5)cc4n3)C2)cc1. The highest BCUT2D eigenvalue weighted by Gasteiger charge is 2.27. The number of benzene rings is 1. The summed E-state index contributed by atoms with van der Waals surface area (Å²) in [4.78, 5) is 13.9. The van der Waals surface area contributed by atoms with Crippen LogP contribution in [0.4, 0.5) is 11.6 Å². The van der Waals surface area contributed by atoms with E-state index in [1.165, 1.54) is 5.56 Å². The largest absolute Gasteiger partial charge is 0.378 e. The molecule has 7 heteroatoms. The van der Waals surface area contributed by atoms with Crippen LogP contribution in [-0.4, -0.2) is 59.0 Å². The summed E-state index contributed by atoms with van der Waals surface area (Å²) < 4.78 is 7.58. The quantitative estimate of drug-likeness (QED) is 0.497. The van der Waals surface area contributed by atoms with Crippen molar-refractivity contribution < 1.29 is 4.74 Å². The van der Waals surface area contributed by atoms with Crippen LogP contribution in [0, 0.1) is 0 Å². The normalized spacial score (nSPS) is 19.1. The van der Waals surface area contributed by atoms with Gasteiger partial charge in [0.15, 0.2) is 5.65 Å². The zero-order valence-electron chi connectivity index (χ0n) is 18.0. The second kappa shape index (κ2) is 8.24. The van der Waals surface area contributed by atoms with Crippen LogP contribution >= 0.6 is 0 Å². The lowest BCUT2D eigenvalue weighted by molar-refractivity contribution is 0.122. The molecule has 1 unspecified atom stereocenters. The molecule has 1 atom stereocenters. The topological polar surface area (TPSA) is 58.8 Å². The Morgan fingerprint density at radius 2 is 1.69 bits per heavy atom. The van der Waals surface area contributed by atoms with Crippen molar-refractivity contribution in [3.05, 3.63) is 72.6 Å². The molecule has 0 radical (unpaired) electrons. The monoisotopic (exact) mass is 426 g/mol. The number of morpholine rings is 1. The Morgan fingerprint density at radius 1 is 0.875 bits per heavy atom. The molecule has 0 spiro atoms. The third-order valence-corrected chi connectivity index (χ3v) is 6.49. The van der Waals surface area contributed by atoms with Gasteiger partial charge < -0.3 is 14.5 Å². The van der Waals surface area contributed by atoms with E-state index in [0.717, 1.165) is 74.4 Å². The van der Waals surface area contributed by atoms with E-state index in [9.17, 15) is 0 Å². The van der Waals surface area contributed by atoms with Gasteiger partial charge in [-0.1, -0.05) is 30.3 Å². The van der Waals surface area contributed by atoms with E-state index in [1.54, 1.807) is 12.4 Å². The van der Waals surface area contributed by atoms with E-state index in [-0.39, 0.29) is 0 Å². The van der Waals surface area contributed by atoms with Crippen molar-refractivity contribution >= 4 is 17.3 Å². The lowest BCUT2D eigenvalue weighted by atomic mass is 9.99. The van der Waals surface area contributed by atoms with Crippen LogP contribution in [0.3, 0.4) is 0 Å². The van der Waals surface area contributed by atoms with Gasteiger partial charge in [0.1, 0.15) is 11.6 Å². The van der Waals surface area contributed by atoms with E-state index in [2.05, 4.69) is 57.2 Å². The lowest BCUT2D eigenvalue weighted by Gasteiger charge is -2.30. The maximum Gasteiger partial charge on any atom is 0.160 e. The Morgan fingerprint density at radius 3 is 2.50 bits per heavy atom. The molecule has 2 aliphatic rings. The fourth-order valence-electron chi connectivity index (χ4n) is 4.75. The fraction of sp³-hybridized carbons (Fsp3) is 0.320. The van der Waals surface area contributed by atoms with Gasteiger partial charge in [-0.15, -0.1) is 0 Å². The van der Waals surface area contributed by atoms with Crippen LogP contribution in [0.25, 0.3) is 16.9 Å². The minimum Gasteiger partial charge on any atom is -0.378 e. The van der Waals surface area contributed by atoms with Crippen LogP contribution in [0.2, 0.25) is 0 Å². The third kappa shape index (κ3) is 3.58. The van der Waals surface area contributed by atoms with Crippen LogP contribution in [0.15, 0.2) is 67.0 Å². The lowest BCUT2D eigenvalue weighted by Crippen LogP contribution is -2.37. The summed E-state index contributed by atoms with van der Waals surface area (Å²) in [5.74, 6) is 2.65. The van der Waals surface area contributed by atoms with Gasteiger partial charge in [0.2, 0.25) is 0 Å². The smallest absolute Gasteiger partial charge is 0.160 e. The van der Waals surface area contributed by atoms with Crippen molar-refractivity contribution in [1.29, 1.82) is 0 Å². The number of nitrogens with zero attached hydrogens (tertiary/aromatic N) is 6. The van der Waals surface area contributed by atoms with Crippen LogP contribution < -0.4 is 9.80 Å². The second-order valence-corrected chi connectivity index (χ2v) is 8.45. The maximum absolute atomic E-state index is 5.60. The third-order valence-electron chi connectivity index (χ3n) is 6.49. The van der Waals surface area contributed by atoms with Gasteiger partial charge in [-0.3, -0.25) is 4.98 Å². The van der Waals surface area contributed by atoms with Gasteiger partial charge in [0.25, 0.3) is 0 Å². The molecule has 5 heterocycles. The first-order chi connectivity index (χ1) is 15.8. The molecule has 6 rings (SSSR count). The van der Waals surface area contributed by atoms with E-state index < -0.39 is 0 Å². The number of rotatable bonds is 4. The summed E-state index contributed by atoms with van der Waals surface area (Å²) in [5.41, 5.74) is 4.24. The number of fused-ring (bicyclic) bond motifs is 1. The molecule has 0 bridgehead atoms. The predicted octanol–water partition coefficient (Wildman–Crippen LogP) is 3.62. The van der Waals surface area contributed by atoms with Crippen molar-refractivity contribution in [2.75, 3.05) is 49.2 Å². The molecular formula is C25H26N6O. The number of ether oxygens (including phenoxy) is 1. The summed E-state index contributed by atoms with van der Waals surface area (Å²) >= 11 is 0.